The predicted molar refractivity (Wildman–Crippen MR) is 79.4 cm³/mol. The van der Waals surface area contributed by atoms with E-state index in [-0.39, 0.29) is 0 Å². The Hall–Kier alpha value is -0.540. The van der Waals surface area contributed by atoms with Crippen molar-refractivity contribution in [2.45, 2.75) is 25.8 Å². The van der Waals surface area contributed by atoms with Gasteiger partial charge in [0.1, 0.15) is 5.75 Å². The van der Waals surface area contributed by atoms with Gasteiger partial charge in [0.2, 0.25) is 0 Å². The zero-order valence-electron chi connectivity index (χ0n) is 11.1. The highest BCUT2D eigenvalue weighted by Gasteiger charge is 2.19. The lowest BCUT2D eigenvalue weighted by Gasteiger charge is -2.32. The molecule has 0 aliphatic carbocycles. The van der Waals surface area contributed by atoms with Gasteiger partial charge in [-0.1, -0.05) is 28.1 Å². The Balaban J connectivity index is 1.87. The van der Waals surface area contributed by atoms with Crippen LogP contribution in [-0.2, 0) is 6.54 Å². The Morgan fingerprint density at radius 3 is 2.78 bits per heavy atom. The first-order valence-corrected chi connectivity index (χ1v) is 7.85. The van der Waals surface area contributed by atoms with Gasteiger partial charge in [0, 0.05) is 18.4 Å². The van der Waals surface area contributed by atoms with Crippen LogP contribution in [0.25, 0.3) is 0 Å². The van der Waals surface area contributed by atoms with Crippen LogP contribution in [0.5, 0.6) is 5.75 Å². The van der Waals surface area contributed by atoms with Crippen LogP contribution in [0.3, 0.4) is 0 Å². The molecular formula is C15H22BrNO. The summed E-state index contributed by atoms with van der Waals surface area (Å²) in [6.45, 7) is 3.56. The highest BCUT2D eigenvalue weighted by molar-refractivity contribution is 9.09. The second-order valence-corrected chi connectivity index (χ2v) is 5.86. The summed E-state index contributed by atoms with van der Waals surface area (Å²) in [5.41, 5.74) is 1.38. The van der Waals surface area contributed by atoms with E-state index in [0.717, 1.165) is 23.5 Å². The highest BCUT2D eigenvalue weighted by Crippen LogP contribution is 2.22. The molecule has 1 heterocycles. The van der Waals surface area contributed by atoms with E-state index < -0.39 is 0 Å². The molecule has 3 heteroatoms. The molecule has 0 N–H and O–H groups in total. The van der Waals surface area contributed by atoms with Gasteiger partial charge in [-0.2, -0.15) is 0 Å². The van der Waals surface area contributed by atoms with Crippen LogP contribution in [0.2, 0.25) is 0 Å². The van der Waals surface area contributed by atoms with Crippen LogP contribution in [0.1, 0.15) is 24.8 Å². The largest absolute Gasteiger partial charge is 0.497 e. The van der Waals surface area contributed by atoms with E-state index in [2.05, 4.69) is 45.1 Å². The van der Waals surface area contributed by atoms with Gasteiger partial charge in [0.15, 0.2) is 0 Å². The first kappa shape index (κ1) is 13.9. The van der Waals surface area contributed by atoms with Gasteiger partial charge in [-0.15, -0.1) is 0 Å². The van der Waals surface area contributed by atoms with E-state index in [0.29, 0.717) is 0 Å². The summed E-state index contributed by atoms with van der Waals surface area (Å²) in [4.78, 5) is 2.58. The van der Waals surface area contributed by atoms with Crippen LogP contribution in [0.15, 0.2) is 24.3 Å². The lowest BCUT2D eigenvalue weighted by Crippen LogP contribution is -2.35. The number of hydrogen-bond donors (Lipinski definition) is 0. The summed E-state index contributed by atoms with van der Waals surface area (Å²) >= 11 is 3.56. The van der Waals surface area contributed by atoms with Gasteiger partial charge >= 0.3 is 0 Å². The van der Waals surface area contributed by atoms with Crippen LogP contribution in [-0.4, -0.2) is 30.4 Å². The molecule has 0 amide bonds. The van der Waals surface area contributed by atoms with E-state index in [1.807, 2.05) is 0 Å². The first-order chi connectivity index (χ1) is 8.81. The minimum absolute atomic E-state index is 0.872. The zero-order chi connectivity index (χ0) is 12.8. The molecule has 0 saturated carbocycles. The summed E-state index contributed by atoms with van der Waals surface area (Å²) in [6, 6.07) is 8.45. The van der Waals surface area contributed by atoms with E-state index in [1.165, 1.54) is 37.9 Å². The number of likely N-dealkylation sites (tertiary alicyclic amines) is 1. The quantitative estimate of drug-likeness (QED) is 0.769. The van der Waals surface area contributed by atoms with Gasteiger partial charge in [-0.05, 0) is 49.4 Å². The number of nitrogens with zero attached hydrogens (tertiary/aromatic N) is 1. The van der Waals surface area contributed by atoms with Crippen LogP contribution in [0.4, 0.5) is 0 Å². The Morgan fingerprint density at radius 2 is 2.11 bits per heavy atom. The van der Waals surface area contributed by atoms with Gasteiger partial charge in [-0.25, -0.2) is 0 Å². The molecule has 100 valence electrons. The fourth-order valence-electron chi connectivity index (χ4n) is 2.67. The van der Waals surface area contributed by atoms with Gasteiger partial charge in [0.25, 0.3) is 0 Å². The Kier molecular flexibility index (Phi) is 5.51. The topological polar surface area (TPSA) is 12.5 Å². The van der Waals surface area contributed by atoms with Crippen molar-refractivity contribution in [3.05, 3.63) is 29.8 Å². The van der Waals surface area contributed by atoms with Crippen LogP contribution in [0, 0.1) is 5.92 Å². The summed E-state index contributed by atoms with van der Waals surface area (Å²) in [5, 5.41) is 1.13. The maximum absolute atomic E-state index is 5.19. The van der Waals surface area contributed by atoms with Crippen LogP contribution < -0.4 is 4.74 Å². The molecule has 2 rings (SSSR count). The number of hydrogen-bond acceptors (Lipinski definition) is 2. The second-order valence-electron chi connectivity index (χ2n) is 5.07. The molecule has 0 radical (unpaired) electrons. The molecular weight excluding hydrogens is 290 g/mol. The minimum Gasteiger partial charge on any atom is -0.497 e. The molecule has 0 aromatic heterocycles. The molecule has 1 atom stereocenters. The highest BCUT2D eigenvalue weighted by atomic mass is 79.9. The first-order valence-electron chi connectivity index (χ1n) is 6.73. The SMILES string of the molecule is COc1ccc(CN2CCCC(CCBr)C2)cc1. The molecule has 2 nitrogen and oxygen atoms in total. The molecule has 18 heavy (non-hydrogen) atoms. The third-order valence-corrected chi connectivity index (χ3v) is 4.14. The lowest BCUT2D eigenvalue weighted by molar-refractivity contribution is 0.165. The third kappa shape index (κ3) is 3.99. The van der Waals surface area contributed by atoms with Crippen LogP contribution >= 0.6 is 15.9 Å². The van der Waals surface area contributed by atoms with Gasteiger partial charge in [0.05, 0.1) is 7.11 Å². The zero-order valence-corrected chi connectivity index (χ0v) is 12.7. The standard InChI is InChI=1S/C15H22BrNO/c1-18-15-6-4-14(5-7-15)12-17-10-2-3-13(11-17)8-9-16/h4-7,13H,2-3,8-12H2,1H3. The van der Waals surface area contributed by atoms with Crippen molar-refractivity contribution >= 4 is 15.9 Å². The van der Waals surface area contributed by atoms with E-state index in [4.69, 9.17) is 4.74 Å². The Labute approximate surface area is 118 Å². The lowest BCUT2D eigenvalue weighted by atomic mass is 9.95. The van der Waals surface area contributed by atoms with E-state index in [9.17, 15) is 0 Å². The smallest absolute Gasteiger partial charge is 0.118 e. The van der Waals surface area contributed by atoms with Crippen molar-refractivity contribution in [2.75, 3.05) is 25.5 Å². The fraction of sp³-hybridized carbons (Fsp3) is 0.600. The average Bonchev–Trinajstić information content (AvgIpc) is 2.40. The number of halogens is 1. The maximum atomic E-state index is 5.19. The maximum Gasteiger partial charge on any atom is 0.118 e. The number of benzene rings is 1. The minimum atomic E-state index is 0.872. The normalized spacial score (nSPS) is 20.9. The molecule has 1 aromatic carbocycles. The molecule has 1 aliphatic rings. The molecule has 1 aliphatic heterocycles. The Morgan fingerprint density at radius 1 is 1.33 bits per heavy atom. The summed E-state index contributed by atoms with van der Waals surface area (Å²) in [5.74, 6) is 1.81. The van der Waals surface area contributed by atoms with Crippen molar-refractivity contribution < 1.29 is 4.74 Å². The molecule has 0 bridgehead atoms. The number of rotatable bonds is 5. The van der Waals surface area contributed by atoms with Crippen molar-refractivity contribution in [3.8, 4) is 5.75 Å². The summed E-state index contributed by atoms with van der Waals surface area (Å²) in [7, 11) is 1.71. The Bertz CT molecular complexity index is 350. The molecule has 1 fully saturated rings. The predicted octanol–water partition coefficient (Wildman–Crippen LogP) is 3.69. The van der Waals surface area contributed by atoms with Crippen molar-refractivity contribution in [3.63, 3.8) is 0 Å². The number of piperidine rings is 1. The fourth-order valence-corrected chi connectivity index (χ4v) is 3.32. The van der Waals surface area contributed by atoms with Crippen molar-refractivity contribution in [1.82, 2.24) is 4.90 Å². The van der Waals surface area contributed by atoms with Gasteiger partial charge in [-0.3, -0.25) is 4.90 Å². The van der Waals surface area contributed by atoms with Gasteiger partial charge < -0.3 is 4.74 Å². The average molecular weight is 312 g/mol. The summed E-state index contributed by atoms with van der Waals surface area (Å²) in [6.07, 6.45) is 4.04. The third-order valence-electron chi connectivity index (χ3n) is 3.69. The number of methoxy groups -OCH3 is 1. The molecule has 0 spiro atoms. The monoisotopic (exact) mass is 311 g/mol. The number of alkyl halides is 1. The van der Waals surface area contributed by atoms with E-state index in [1.54, 1.807) is 7.11 Å². The molecule has 1 unspecified atom stereocenters. The number of ether oxygens (including phenoxy) is 1. The van der Waals surface area contributed by atoms with Crippen molar-refractivity contribution in [1.29, 1.82) is 0 Å². The van der Waals surface area contributed by atoms with E-state index >= 15 is 0 Å². The summed E-state index contributed by atoms with van der Waals surface area (Å²) < 4.78 is 5.19. The van der Waals surface area contributed by atoms with Crippen molar-refractivity contribution in [2.24, 2.45) is 5.92 Å². The molecule has 1 saturated heterocycles. The molecule has 1 aromatic rings. The second kappa shape index (κ2) is 7.15.